The second-order valence-electron chi connectivity index (χ2n) is 7.51. The number of nitrogens with zero attached hydrogens (tertiary/aromatic N) is 1. The van der Waals surface area contributed by atoms with Crippen LogP contribution >= 0.6 is 15.9 Å². The van der Waals surface area contributed by atoms with Crippen LogP contribution in [0.4, 0.5) is 0 Å². The lowest BCUT2D eigenvalue weighted by atomic mass is 9.97. The van der Waals surface area contributed by atoms with Gasteiger partial charge in [0.15, 0.2) is 11.5 Å². The number of halogens is 1. The summed E-state index contributed by atoms with van der Waals surface area (Å²) in [4.78, 5) is 26.7. The highest BCUT2D eigenvalue weighted by Crippen LogP contribution is 2.34. The molecule has 2 amide bonds. The lowest BCUT2D eigenvalue weighted by molar-refractivity contribution is -0.133. The molecule has 31 heavy (non-hydrogen) atoms. The Labute approximate surface area is 192 Å². The van der Waals surface area contributed by atoms with E-state index in [4.69, 9.17) is 9.47 Å². The number of benzene rings is 2. The van der Waals surface area contributed by atoms with Crippen molar-refractivity contribution in [3.63, 3.8) is 0 Å². The molecule has 1 aliphatic heterocycles. The molecule has 0 radical (unpaired) electrons. The molecule has 166 valence electrons. The van der Waals surface area contributed by atoms with E-state index in [1.54, 1.807) is 0 Å². The van der Waals surface area contributed by atoms with Crippen LogP contribution in [0.15, 0.2) is 40.9 Å². The van der Waals surface area contributed by atoms with Crippen LogP contribution in [0.2, 0.25) is 0 Å². The number of nitrogens with one attached hydrogen (secondary N) is 1. The van der Waals surface area contributed by atoms with Crippen LogP contribution in [-0.2, 0) is 22.6 Å². The maximum Gasteiger partial charge on any atom is 0.225 e. The van der Waals surface area contributed by atoms with E-state index in [0.29, 0.717) is 32.1 Å². The zero-order valence-electron chi connectivity index (χ0n) is 18.2. The lowest BCUT2D eigenvalue weighted by Gasteiger charge is -2.31. The molecular weight excluding hydrogens is 460 g/mol. The third-order valence-corrected chi connectivity index (χ3v) is 5.79. The third-order valence-electron chi connectivity index (χ3n) is 5.26. The highest BCUT2D eigenvalue weighted by Gasteiger charge is 2.26. The average Bonchev–Trinajstić information content (AvgIpc) is 2.74. The van der Waals surface area contributed by atoms with E-state index in [-0.39, 0.29) is 24.3 Å². The predicted molar refractivity (Wildman–Crippen MR) is 123 cm³/mol. The first-order chi connectivity index (χ1) is 14.9. The van der Waals surface area contributed by atoms with Crippen LogP contribution in [-0.4, -0.2) is 36.5 Å². The van der Waals surface area contributed by atoms with Gasteiger partial charge < -0.3 is 19.7 Å². The van der Waals surface area contributed by atoms with Gasteiger partial charge in [0.2, 0.25) is 11.8 Å². The Kier molecular flexibility index (Phi) is 7.96. The van der Waals surface area contributed by atoms with Gasteiger partial charge in [0.05, 0.1) is 25.7 Å². The Hall–Kier alpha value is -2.54. The first-order valence-electron chi connectivity index (χ1n) is 10.6. The minimum atomic E-state index is -0.362. The number of rotatable bonds is 8. The van der Waals surface area contributed by atoms with Crippen LogP contribution in [0.25, 0.3) is 0 Å². The van der Waals surface area contributed by atoms with Gasteiger partial charge in [-0.15, -0.1) is 0 Å². The van der Waals surface area contributed by atoms with E-state index >= 15 is 0 Å². The zero-order chi connectivity index (χ0) is 22.4. The number of fused-ring (bicyclic) bond motifs is 1. The normalized spacial score (nSPS) is 13.9. The zero-order valence-corrected chi connectivity index (χ0v) is 19.8. The van der Waals surface area contributed by atoms with Crippen molar-refractivity contribution in [2.24, 2.45) is 0 Å². The molecule has 0 aliphatic carbocycles. The Morgan fingerprint density at radius 2 is 1.68 bits per heavy atom. The number of hydrogen-bond acceptors (Lipinski definition) is 4. The van der Waals surface area contributed by atoms with E-state index in [1.165, 1.54) is 12.5 Å². The monoisotopic (exact) mass is 488 g/mol. The molecule has 1 N–H and O–H groups in total. The summed E-state index contributed by atoms with van der Waals surface area (Å²) in [5.41, 5.74) is 3.16. The molecule has 2 aromatic rings. The second-order valence-corrected chi connectivity index (χ2v) is 8.42. The predicted octanol–water partition coefficient (Wildman–Crippen LogP) is 4.40. The van der Waals surface area contributed by atoms with Gasteiger partial charge in [-0.1, -0.05) is 28.1 Å². The molecule has 0 saturated carbocycles. The number of amides is 2. The van der Waals surface area contributed by atoms with Gasteiger partial charge in [-0.2, -0.15) is 0 Å². The number of carbonyl (C=O) groups excluding carboxylic acids is 2. The maximum absolute atomic E-state index is 13.1. The first-order valence-corrected chi connectivity index (χ1v) is 11.4. The Morgan fingerprint density at radius 1 is 1.06 bits per heavy atom. The van der Waals surface area contributed by atoms with Crippen molar-refractivity contribution >= 4 is 27.7 Å². The molecule has 1 atom stereocenters. The fourth-order valence-electron chi connectivity index (χ4n) is 3.81. The summed E-state index contributed by atoms with van der Waals surface area (Å²) in [6, 6.07) is 11.3. The third kappa shape index (κ3) is 6.00. The van der Waals surface area contributed by atoms with Gasteiger partial charge in [0.1, 0.15) is 0 Å². The topological polar surface area (TPSA) is 67.9 Å². The van der Waals surface area contributed by atoms with E-state index < -0.39 is 0 Å². The van der Waals surface area contributed by atoms with Crippen LogP contribution in [0.3, 0.4) is 0 Å². The summed E-state index contributed by atoms with van der Waals surface area (Å²) in [6.07, 6.45) is 0.975. The molecule has 6 nitrogen and oxygen atoms in total. The summed E-state index contributed by atoms with van der Waals surface area (Å²) in [6.45, 7) is 7.64. The van der Waals surface area contributed by atoms with Gasteiger partial charge >= 0.3 is 0 Å². The van der Waals surface area contributed by atoms with Crippen LogP contribution in [0.5, 0.6) is 11.5 Å². The number of ether oxygens (including phenoxy) is 2. The summed E-state index contributed by atoms with van der Waals surface area (Å²) in [5.74, 6) is 1.32. The Morgan fingerprint density at radius 3 is 2.26 bits per heavy atom. The molecule has 0 saturated heterocycles. The summed E-state index contributed by atoms with van der Waals surface area (Å²) < 4.78 is 12.4. The molecule has 1 unspecified atom stereocenters. The minimum Gasteiger partial charge on any atom is -0.490 e. The molecule has 0 spiro atoms. The fraction of sp³-hybridized carbons (Fsp3) is 0.417. The summed E-state index contributed by atoms with van der Waals surface area (Å²) in [5, 5.41) is 2.91. The minimum absolute atomic E-state index is 0.0131. The lowest BCUT2D eigenvalue weighted by Crippen LogP contribution is -2.39. The van der Waals surface area contributed by atoms with E-state index in [1.807, 2.05) is 55.1 Å². The average molecular weight is 489 g/mol. The van der Waals surface area contributed by atoms with Gasteiger partial charge in [-0.05, 0) is 61.2 Å². The van der Waals surface area contributed by atoms with Crippen molar-refractivity contribution in [1.82, 2.24) is 10.2 Å². The molecule has 0 bridgehead atoms. The summed E-state index contributed by atoms with van der Waals surface area (Å²) in [7, 11) is 0. The Bertz CT molecular complexity index is 930. The second kappa shape index (κ2) is 10.7. The van der Waals surface area contributed by atoms with Crippen molar-refractivity contribution in [3.8, 4) is 11.5 Å². The molecule has 7 heteroatoms. The molecule has 0 fully saturated rings. The van der Waals surface area contributed by atoms with Gasteiger partial charge in [0.25, 0.3) is 0 Å². The summed E-state index contributed by atoms with van der Waals surface area (Å²) >= 11 is 3.42. The van der Waals surface area contributed by atoms with Crippen molar-refractivity contribution in [2.45, 2.75) is 46.2 Å². The Balaban J connectivity index is 1.76. The fourth-order valence-corrected chi connectivity index (χ4v) is 4.07. The smallest absolute Gasteiger partial charge is 0.225 e. The highest BCUT2D eigenvalue weighted by molar-refractivity contribution is 9.10. The van der Waals surface area contributed by atoms with Crippen molar-refractivity contribution < 1.29 is 19.1 Å². The van der Waals surface area contributed by atoms with Crippen LogP contribution < -0.4 is 14.8 Å². The van der Waals surface area contributed by atoms with Crippen LogP contribution in [0, 0.1) is 0 Å². The van der Waals surface area contributed by atoms with E-state index in [9.17, 15) is 9.59 Å². The maximum atomic E-state index is 13.1. The van der Waals surface area contributed by atoms with E-state index in [2.05, 4.69) is 21.2 Å². The molecule has 1 heterocycles. The van der Waals surface area contributed by atoms with Crippen molar-refractivity contribution in [1.29, 1.82) is 0 Å². The van der Waals surface area contributed by atoms with E-state index in [0.717, 1.165) is 27.8 Å². The van der Waals surface area contributed by atoms with Crippen LogP contribution in [0.1, 0.15) is 49.9 Å². The highest BCUT2D eigenvalue weighted by atomic mass is 79.9. The standard InChI is InChI=1S/C24H29BrN2O4/c1-4-30-22-12-18-10-11-27(15-19(18)13-23(22)31-5-2)24(29)14-21(26-16(3)28)17-6-8-20(25)9-7-17/h6-9,12-13,21H,4-5,10-11,14-15H2,1-3H3,(H,26,28). The van der Waals surface area contributed by atoms with Crippen molar-refractivity contribution in [2.75, 3.05) is 19.8 Å². The number of hydrogen-bond donors (Lipinski definition) is 1. The molecule has 3 rings (SSSR count). The molecule has 0 aromatic heterocycles. The molecular formula is C24H29BrN2O4. The van der Waals surface area contributed by atoms with Gasteiger partial charge in [-0.25, -0.2) is 0 Å². The van der Waals surface area contributed by atoms with Gasteiger partial charge in [-0.3, -0.25) is 9.59 Å². The van der Waals surface area contributed by atoms with Gasteiger partial charge in [0, 0.05) is 24.5 Å². The molecule has 2 aromatic carbocycles. The van der Waals surface area contributed by atoms with Crippen molar-refractivity contribution in [3.05, 3.63) is 57.6 Å². The SMILES string of the molecule is CCOc1cc2c(cc1OCC)CN(C(=O)CC(NC(C)=O)c1ccc(Br)cc1)CC2. The largest absolute Gasteiger partial charge is 0.490 e. The number of carbonyl (C=O) groups is 2. The first kappa shape index (κ1) is 23.1. The quantitative estimate of drug-likeness (QED) is 0.597. The molecule has 1 aliphatic rings.